The highest BCUT2D eigenvalue weighted by Gasteiger charge is 2.22. The molecule has 0 unspecified atom stereocenters. The van der Waals surface area contributed by atoms with Crippen molar-refractivity contribution < 1.29 is 0 Å². The van der Waals surface area contributed by atoms with E-state index in [1.165, 1.54) is 6.33 Å². The molecule has 0 atom stereocenters. The summed E-state index contributed by atoms with van der Waals surface area (Å²) in [4.78, 5) is 22.8. The van der Waals surface area contributed by atoms with E-state index in [0.29, 0.717) is 12.2 Å². The molecular formula is C11H16N4O. The van der Waals surface area contributed by atoms with Crippen LogP contribution in [0.5, 0.6) is 0 Å². The third-order valence-corrected chi connectivity index (χ3v) is 2.59. The van der Waals surface area contributed by atoms with Gasteiger partial charge < -0.3 is 0 Å². The van der Waals surface area contributed by atoms with Crippen LogP contribution in [-0.2, 0) is 12.0 Å². The van der Waals surface area contributed by atoms with Gasteiger partial charge in [0, 0.05) is 12.0 Å². The van der Waals surface area contributed by atoms with Crippen molar-refractivity contribution in [2.24, 2.45) is 0 Å². The normalized spacial score (nSPS) is 12.2. The van der Waals surface area contributed by atoms with Crippen LogP contribution >= 0.6 is 0 Å². The van der Waals surface area contributed by atoms with Crippen molar-refractivity contribution in [3.8, 4) is 0 Å². The van der Waals surface area contributed by atoms with Crippen molar-refractivity contribution >= 4 is 11.2 Å². The van der Waals surface area contributed by atoms with Gasteiger partial charge >= 0.3 is 5.69 Å². The molecule has 0 bridgehead atoms. The molecule has 0 aromatic carbocycles. The van der Waals surface area contributed by atoms with Crippen molar-refractivity contribution in [2.45, 2.75) is 39.7 Å². The van der Waals surface area contributed by atoms with Gasteiger partial charge in [0.2, 0.25) is 0 Å². The van der Waals surface area contributed by atoms with E-state index in [-0.39, 0.29) is 11.1 Å². The minimum absolute atomic E-state index is 0.104. The number of aryl methyl sites for hydroxylation is 1. The summed E-state index contributed by atoms with van der Waals surface area (Å²) in [5.41, 5.74) is 2.11. The smallest absolute Gasteiger partial charge is 0.290 e. The molecule has 0 spiro atoms. The number of nitrogens with zero attached hydrogens (tertiary/aromatic N) is 3. The van der Waals surface area contributed by atoms with Gasteiger partial charge in [-0.05, 0) is 6.92 Å². The van der Waals surface area contributed by atoms with E-state index in [0.717, 1.165) is 11.2 Å². The van der Waals surface area contributed by atoms with Gasteiger partial charge in [0.25, 0.3) is 0 Å². The van der Waals surface area contributed by atoms with Crippen molar-refractivity contribution in [1.29, 1.82) is 0 Å². The van der Waals surface area contributed by atoms with Crippen LogP contribution in [-0.4, -0.2) is 19.5 Å². The zero-order chi connectivity index (χ0) is 11.9. The zero-order valence-corrected chi connectivity index (χ0v) is 10.0. The Kier molecular flexibility index (Phi) is 2.33. The van der Waals surface area contributed by atoms with Gasteiger partial charge in [0.05, 0.1) is 5.69 Å². The second-order valence-corrected chi connectivity index (χ2v) is 4.84. The first kappa shape index (κ1) is 10.9. The van der Waals surface area contributed by atoms with Crippen LogP contribution in [0.2, 0.25) is 0 Å². The van der Waals surface area contributed by atoms with Gasteiger partial charge in [-0.2, -0.15) is 0 Å². The highest BCUT2D eigenvalue weighted by atomic mass is 16.1. The number of fused-ring (bicyclic) bond motifs is 1. The number of nitrogens with one attached hydrogen (secondary N) is 1. The lowest BCUT2D eigenvalue weighted by Crippen LogP contribution is -2.19. The molecule has 0 radical (unpaired) electrons. The zero-order valence-electron chi connectivity index (χ0n) is 10.0. The Hall–Kier alpha value is -1.65. The second-order valence-electron chi connectivity index (χ2n) is 4.84. The molecule has 5 heteroatoms. The van der Waals surface area contributed by atoms with E-state index in [1.807, 2.05) is 6.92 Å². The van der Waals surface area contributed by atoms with E-state index in [1.54, 1.807) is 4.57 Å². The molecule has 0 fully saturated rings. The van der Waals surface area contributed by atoms with Gasteiger partial charge in [-0.1, -0.05) is 20.8 Å². The molecular weight excluding hydrogens is 204 g/mol. The fourth-order valence-corrected chi connectivity index (χ4v) is 1.85. The van der Waals surface area contributed by atoms with Crippen LogP contribution in [0.4, 0.5) is 0 Å². The topological polar surface area (TPSA) is 63.6 Å². The largest absolute Gasteiger partial charge is 0.327 e. The second kappa shape index (κ2) is 3.43. The summed E-state index contributed by atoms with van der Waals surface area (Å²) in [6.07, 6.45) is 1.50. The molecule has 86 valence electrons. The molecule has 16 heavy (non-hydrogen) atoms. The maximum atomic E-state index is 11.7. The lowest BCUT2D eigenvalue weighted by atomic mass is 9.91. The van der Waals surface area contributed by atoms with E-state index in [2.05, 4.69) is 35.7 Å². The molecule has 0 saturated carbocycles. The quantitative estimate of drug-likeness (QED) is 0.790. The Morgan fingerprint density at radius 2 is 2.06 bits per heavy atom. The Morgan fingerprint density at radius 1 is 1.38 bits per heavy atom. The highest BCUT2D eigenvalue weighted by Crippen LogP contribution is 2.25. The first-order valence-electron chi connectivity index (χ1n) is 5.39. The number of aromatic nitrogens is 4. The summed E-state index contributed by atoms with van der Waals surface area (Å²) in [6.45, 7) is 8.79. The third-order valence-electron chi connectivity index (χ3n) is 2.59. The Morgan fingerprint density at radius 3 is 2.62 bits per heavy atom. The monoisotopic (exact) mass is 220 g/mol. The van der Waals surface area contributed by atoms with Gasteiger partial charge in [-0.15, -0.1) is 0 Å². The first-order valence-corrected chi connectivity index (χ1v) is 5.39. The molecule has 0 aliphatic heterocycles. The molecule has 0 saturated heterocycles. The molecule has 0 amide bonds. The van der Waals surface area contributed by atoms with Gasteiger partial charge in [-0.3, -0.25) is 9.55 Å². The van der Waals surface area contributed by atoms with E-state index >= 15 is 0 Å². The fourth-order valence-electron chi connectivity index (χ4n) is 1.85. The third kappa shape index (κ3) is 1.52. The SMILES string of the molecule is CCn1c(=O)[nH]c2ncnc(C(C)(C)C)c21. The highest BCUT2D eigenvalue weighted by molar-refractivity contribution is 5.74. The maximum Gasteiger partial charge on any atom is 0.327 e. The average Bonchev–Trinajstić information content (AvgIpc) is 2.51. The standard InChI is InChI=1S/C11H16N4O/c1-5-15-7-8(11(2,3)4)12-6-13-9(7)14-10(15)16/h6H,5H2,1-4H3,(H,12,13,14,16). The van der Waals surface area contributed by atoms with Crippen molar-refractivity contribution in [3.63, 3.8) is 0 Å². The van der Waals surface area contributed by atoms with Crippen LogP contribution in [0, 0.1) is 0 Å². The van der Waals surface area contributed by atoms with Crippen molar-refractivity contribution in [1.82, 2.24) is 19.5 Å². The van der Waals surface area contributed by atoms with E-state index in [4.69, 9.17) is 0 Å². The maximum absolute atomic E-state index is 11.7. The number of rotatable bonds is 1. The predicted octanol–water partition coefficient (Wildman–Crippen LogP) is 1.44. The molecule has 2 aromatic heterocycles. The number of hydrogen-bond acceptors (Lipinski definition) is 3. The molecule has 0 aliphatic carbocycles. The van der Waals surface area contributed by atoms with Crippen LogP contribution in [0.25, 0.3) is 11.2 Å². The van der Waals surface area contributed by atoms with Gasteiger partial charge in [-0.25, -0.2) is 14.8 Å². The first-order chi connectivity index (χ1) is 7.45. The van der Waals surface area contributed by atoms with Crippen LogP contribution in [0.15, 0.2) is 11.1 Å². The van der Waals surface area contributed by atoms with E-state index in [9.17, 15) is 4.79 Å². The number of hydrogen-bond donors (Lipinski definition) is 1. The number of imidazole rings is 1. The van der Waals surface area contributed by atoms with Crippen molar-refractivity contribution in [3.05, 3.63) is 22.5 Å². The molecule has 2 rings (SSSR count). The minimum atomic E-state index is -0.122. The Bertz CT molecular complexity index is 574. The summed E-state index contributed by atoms with van der Waals surface area (Å²) >= 11 is 0. The minimum Gasteiger partial charge on any atom is -0.290 e. The predicted molar refractivity (Wildman–Crippen MR) is 62.5 cm³/mol. The molecule has 1 N–H and O–H groups in total. The Labute approximate surface area is 93.5 Å². The number of aromatic amines is 1. The number of H-pyrrole nitrogens is 1. The van der Waals surface area contributed by atoms with E-state index < -0.39 is 0 Å². The summed E-state index contributed by atoms with van der Waals surface area (Å²) in [5.74, 6) is 0. The molecule has 2 aromatic rings. The molecule has 5 nitrogen and oxygen atoms in total. The Balaban J connectivity index is 2.90. The lowest BCUT2D eigenvalue weighted by Gasteiger charge is -2.18. The molecule has 2 heterocycles. The van der Waals surface area contributed by atoms with Crippen molar-refractivity contribution in [2.75, 3.05) is 0 Å². The van der Waals surface area contributed by atoms with Crippen LogP contribution < -0.4 is 5.69 Å². The average molecular weight is 220 g/mol. The van der Waals surface area contributed by atoms with Crippen LogP contribution in [0.3, 0.4) is 0 Å². The fraction of sp³-hybridized carbons (Fsp3) is 0.545. The summed E-state index contributed by atoms with van der Waals surface area (Å²) < 4.78 is 1.68. The van der Waals surface area contributed by atoms with Crippen LogP contribution in [0.1, 0.15) is 33.4 Å². The molecule has 0 aliphatic rings. The summed E-state index contributed by atoms with van der Waals surface area (Å²) in [5, 5.41) is 0. The van der Waals surface area contributed by atoms with Gasteiger partial charge in [0.1, 0.15) is 11.8 Å². The van der Waals surface area contributed by atoms with Gasteiger partial charge in [0.15, 0.2) is 5.65 Å². The summed E-state index contributed by atoms with van der Waals surface area (Å²) in [6, 6.07) is 0. The lowest BCUT2D eigenvalue weighted by molar-refractivity contribution is 0.568. The summed E-state index contributed by atoms with van der Waals surface area (Å²) in [7, 11) is 0.